The Bertz CT molecular complexity index is 1090. The highest BCUT2D eigenvalue weighted by molar-refractivity contribution is 6.46. The summed E-state index contributed by atoms with van der Waals surface area (Å²) >= 11 is 0. The lowest BCUT2D eigenvalue weighted by molar-refractivity contribution is -0.140. The molecule has 1 saturated heterocycles. The second-order valence-corrected chi connectivity index (χ2v) is 8.64. The van der Waals surface area contributed by atoms with Gasteiger partial charge in [-0.1, -0.05) is 31.5 Å². The van der Waals surface area contributed by atoms with Crippen LogP contribution < -0.4 is 14.2 Å². The normalized spacial score (nSPS) is 17.2. The Balaban J connectivity index is 2.11. The Hall–Kier alpha value is -3.52. The van der Waals surface area contributed by atoms with Crippen LogP contribution in [0.2, 0.25) is 0 Å². The largest absolute Gasteiger partial charge is 0.507 e. The number of hydrogen-bond acceptors (Lipinski definition) is 7. The van der Waals surface area contributed by atoms with Gasteiger partial charge in [0.05, 0.1) is 32.4 Å². The Morgan fingerprint density at radius 3 is 2.46 bits per heavy atom. The van der Waals surface area contributed by atoms with E-state index in [2.05, 4.69) is 6.92 Å². The minimum atomic E-state index is -0.778. The van der Waals surface area contributed by atoms with E-state index in [1.165, 1.54) is 19.1 Å². The number of unbranched alkanes of at least 4 members (excludes halogenated alkanes) is 1. The van der Waals surface area contributed by atoms with Crippen molar-refractivity contribution in [1.82, 2.24) is 9.80 Å². The fourth-order valence-electron chi connectivity index (χ4n) is 4.01. The van der Waals surface area contributed by atoms with Gasteiger partial charge >= 0.3 is 0 Å². The summed E-state index contributed by atoms with van der Waals surface area (Å²) in [4.78, 5) is 29.8. The maximum atomic E-state index is 13.2. The van der Waals surface area contributed by atoms with Gasteiger partial charge in [0.1, 0.15) is 11.5 Å². The fraction of sp³-hybridized carbons (Fsp3) is 0.407. The Morgan fingerprint density at radius 2 is 1.80 bits per heavy atom. The molecule has 188 valence electrons. The molecule has 8 heteroatoms. The molecule has 0 bridgehead atoms. The number of Topliss-reactive ketones (excluding diaryl/α,β-unsaturated/α-hetero) is 1. The minimum absolute atomic E-state index is 0.0340. The number of rotatable bonds is 11. The lowest BCUT2D eigenvalue weighted by Crippen LogP contribution is -2.35. The van der Waals surface area contributed by atoms with E-state index in [0.29, 0.717) is 48.1 Å². The molecule has 0 radical (unpaired) electrons. The number of amides is 1. The first-order valence-electron chi connectivity index (χ1n) is 11.7. The molecule has 35 heavy (non-hydrogen) atoms. The number of aliphatic hydroxyl groups is 1. The molecule has 1 aliphatic rings. The van der Waals surface area contributed by atoms with Gasteiger partial charge in [-0.25, -0.2) is 0 Å². The van der Waals surface area contributed by atoms with E-state index in [9.17, 15) is 14.7 Å². The highest BCUT2D eigenvalue weighted by Gasteiger charge is 2.46. The van der Waals surface area contributed by atoms with Crippen molar-refractivity contribution in [3.63, 3.8) is 0 Å². The first-order valence-corrected chi connectivity index (χ1v) is 11.7. The summed E-state index contributed by atoms with van der Waals surface area (Å²) in [6, 6.07) is 11.4. The smallest absolute Gasteiger partial charge is 0.295 e. The number of benzene rings is 2. The predicted octanol–water partition coefficient (Wildman–Crippen LogP) is 3.87. The number of ether oxygens (including phenoxy) is 3. The average Bonchev–Trinajstić information content (AvgIpc) is 3.11. The third-order valence-corrected chi connectivity index (χ3v) is 5.93. The molecule has 1 amide bonds. The molecule has 0 aromatic heterocycles. The van der Waals surface area contributed by atoms with Gasteiger partial charge in [-0.05, 0) is 50.3 Å². The standard InChI is InChI=1S/C27H34N2O6/c1-6-7-15-35-20-10-8-9-19(16-20)25(30)23-24(18-11-12-21(33-4)22(17-18)34-5)29(14-13-28(2)3)27(32)26(23)31/h8-12,16-17,24,30H,6-7,13-15H2,1-5H3/b25-23+. The van der Waals surface area contributed by atoms with Gasteiger partial charge in [-0.3, -0.25) is 9.59 Å². The van der Waals surface area contributed by atoms with Crippen LogP contribution in [-0.2, 0) is 9.59 Å². The molecule has 1 atom stereocenters. The van der Waals surface area contributed by atoms with Crippen molar-refractivity contribution in [2.75, 3.05) is 48.0 Å². The van der Waals surface area contributed by atoms with Crippen LogP contribution in [-0.4, -0.2) is 74.6 Å². The maximum Gasteiger partial charge on any atom is 0.295 e. The zero-order valence-corrected chi connectivity index (χ0v) is 21.0. The van der Waals surface area contributed by atoms with Gasteiger partial charge < -0.3 is 29.1 Å². The van der Waals surface area contributed by atoms with Gasteiger partial charge in [0.2, 0.25) is 0 Å². The molecular formula is C27H34N2O6. The summed E-state index contributed by atoms with van der Waals surface area (Å²) in [7, 11) is 6.85. The van der Waals surface area contributed by atoms with Crippen molar-refractivity contribution in [2.24, 2.45) is 0 Å². The molecule has 1 aliphatic heterocycles. The van der Waals surface area contributed by atoms with Gasteiger partial charge in [-0.15, -0.1) is 0 Å². The van der Waals surface area contributed by atoms with Crippen LogP contribution in [0, 0.1) is 0 Å². The topological polar surface area (TPSA) is 88.5 Å². The molecule has 2 aromatic carbocycles. The minimum Gasteiger partial charge on any atom is -0.507 e. The van der Waals surface area contributed by atoms with E-state index < -0.39 is 17.7 Å². The van der Waals surface area contributed by atoms with E-state index in [4.69, 9.17) is 14.2 Å². The van der Waals surface area contributed by atoms with E-state index in [-0.39, 0.29) is 11.3 Å². The van der Waals surface area contributed by atoms with Crippen LogP contribution in [0.1, 0.15) is 36.9 Å². The first-order chi connectivity index (χ1) is 16.8. The van der Waals surface area contributed by atoms with E-state index in [1.54, 1.807) is 42.5 Å². The molecule has 1 heterocycles. The second kappa shape index (κ2) is 11.8. The Morgan fingerprint density at radius 1 is 1.06 bits per heavy atom. The lowest BCUT2D eigenvalue weighted by Gasteiger charge is -2.27. The fourth-order valence-corrected chi connectivity index (χ4v) is 4.01. The van der Waals surface area contributed by atoms with E-state index in [1.807, 2.05) is 19.0 Å². The molecule has 1 N–H and O–H groups in total. The summed E-state index contributed by atoms with van der Waals surface area (Å²) < 4.78 is 16.6. The van der Waals surface area contributed by atoms with Crippen molar-refractivity contribution in [3.05, 3.63) is 59.2 Å². The summed E-state index contributed by atoms with van der Waals surface area (Å²) in [6.07, 6.45) is 1.91. The van der Waals surface area contributed by atoms with E-state index in [0.717, 1.165) is 12.8 Å². The van der Waals surface area contributed by atoms with Crippen LogP contribution in [0.3, 0.4) is 0 Å². The van der Waals surface area contributed by atoms with Crippen molar-refractivity contribution < 1.29 is 28.9 Å². The average molecular weight is 483 g/mol. The summed E-state index contributed by atoms with van der Waals surface area (Å²) in [6.45, 7) is 3.50. The monoisotopic (exact) mass is 482 g/mol. The summed E-state index contributed by atoms with van der Waals surface area (Å²) in [5, 5.41) is 11.3. The number of likely N-dealkylation sites (N-methyl/N-ethyl adjacent to an activating group) is 1. The van der Waals surface area contributed by atoms with E-state index >= 15 is 0 Å². The molecule has 8 nitrogen and oxygen atoms in total. The van der Waals surface area contributed by atoms with Gasteiger partial charge in [-0.2, -0.15) is 0 Å². The number of ketones is 1. The quantitative estimate of drug-likeness (QED) is 0.225. The third-order valence-electron chi connectivity index (χ3n) is 5.93. The zero-order chi connectivity index (χ0) is 25.5. The van der Waals surface area contributed by atoms with Crippen LogP contribution in [0.25, 0.3) is 5.76 Å². The highest BCUT2D eigenvalue weighted by Crippen LogP contribution is 2.42. The van der Waals surface area contributed by atoms with Gasteiger partial charge in [0.25, 0.3) is 11.7 Å². The number of methoxy groups -OCH3 is 2. The highest BCUT2D eigenvalue weighted by atomic mass is 16.5. The van der Waals surface area contributed by atoms with Crippen molar-refractivity contribution >= 4 is 17.4 Å². The lowest BCUT2D eigenvalue weighted by atomic mass is 9.95. The van der Waals surface area contributed by atoms with Gasteiger partial charge in [0, 0.05) is 18.7 Å². The molecule has 0 saturated carbocycles. The maximum absolute atomic E-state index is 13.2. The number of nitrogens with zero attached hydrogens (tertiary/aromatic N) is 2. The molecule has 2 aromatic rings. The number of hydrogen-bond donors (Lipinski definition) is 1. The van der Waals surface area contributed by atoms with Crippen molar-refractivity contribution in [1.29, 1.82) is 0 Å². The number of aliphatic hydroxyl groups excluding tert-OH is 1. The summed E-state index contributed by atoms with van der Waals surface area (Å²) in [5.74, 6) is -0.0294. The van der Waals surface area contributed by atoms with Crippen LogP contribution in [0.15, 0.2) is 48.0 Å². The predicted molar refractivity (Wildman–Crippen MR) is 134 cm³/mol. The SMILES string of the molecule is CCCCOc1cccc(/C(O)=C2\C(=O)C(=O)N(CCN(C)C)C2c2ccc(OC)c(OC)c2)c1. The number of carbonyl (C=O) groups is 2. The van der Waals surface area contributed by atoms with Crippen molar-refractivity contribution in [3.8, 4) is 17.2 Å². The van der Waals surface area contributed by atoms with Crippen LogP contribution in [0.5, 0.6) is 17.2 Å². The summed E-state index contributed by atoms with van der Waals surface area (Å²) in [5.41, 5.74) is 1.08. The van der Waals surface area contributed by atoms with Crippen LogP contribution >= 0.6 is 0 Å². The molecular weight excluding hydrogens is 448 g/mol. The second-order valence-electron chi connectivity index (χ2n) is 8.64. The van der Waals surface area contributed by atoms with Gasteiger partial charge in [0.15, 0.2) is 11.5 Å². The van der Waals surface area contributed by atoms with Crippen molar-refractivity contribution in [2.45, 2.75) is 25.8 Å². The zero-order valence-electron chi connectivity index (χ0n) is 21.0. The molecule has 0 aliphatic carbocycles. The first kappa shape index (κ1) is 26.1. The molecule has 3 rings (SSSR count). The Kier molecular flexibility index (Phi) is 8.76. The number of carbonyl (C=O) groups excluding carboxylic acids is 2. The number of likely N-dealkylation sites (tertiary alicyclic amines) is 1. The van der Waals surface area contributed by atoms with Crippen LogP contribution in [0.4, 0.5) is 0 Å². The molecule has 1 fully saturated rings. The molecule has 0 spiro atoms. The third kappa shape index (κ3) is 5.77. The molecule has 1 unspecified atom stereocenters. The Labute approximate surface area is 206 Å².